The third-order valence-corrected chi connectivity index (χ3v) is 5.18. The van der Waals surface area contributed by atoms with E-state index in [1.54, 1.807) is 18.0 Å². The van der Waals surface area contributed by atoms with E-state index in [4.69, 9.17) is 4.74 Å². The van der Waals surface area contributed by atoms with Crippen LogP contribution in [-0.4, -0.2) is 42.1 Å². The number of amides is 2. The fourth-order valence-electron chi connectivity index (χ4n) is 3.68. The minimum atomic E-state index is -0.188. The standard InChI is InChI=1S/C22H25N5O2/c1-16-14-18(27-12-5-11-23-27)8-9-19(16)25-22(28)24-17-10-13-26(15-17)20-6-3-4-7-21(20)29-2/h3-9,11-12,14,17H,10,13,15H2,1-2H3,(H2,24,25,28). The molecular weight excluding hydrogens is 366 g/mol. The fraction of sp³-hybridized carbons (Fsp3) is 0.273. The second-order valence-electron chi connectivity index (χ2n) is 7.15. The van der Waals surface area contributed by atoms with Crippen LogP contribution in [0, 0.1) is 6.92 Å². The normalized spacial score (nSPS) is 15.9. The van der Waals surface area contributed by atoms with Gasteiger partial charge < -0.3 is 20.3 Å². The first kappa shape index (κ1) is 18.9. The summed E-state index contributed by atoms with van der Waals surface area (Å²) in [4.78, 5) is 14.8. The van der Waals surface area contributed by atoms with Gasteiger partial charge in [-0.15, -0.1) is 0 Å². The molecule has 4 rings (SSSR count). The van der Waals surface area contributed by atoms with Crippen LogP contribution in [0.3, 0.4) is 0 Å². The summed E-state index contributed by atoms with van der Waals surface area (Å²) >= 11 is 0. The minimum absolute atomic E-state index is 0.0866. The molecule has 3 aromatic rings. The SMILES string of the molecule is COc1ccccc1N1CCC(NC(=O)Nc2ccc(-n3cccn3)cc2C)C1. The average Bonchev–Trinajstić information content (AvgIpc) is 3.42. The highest BCUT2D eigenvalue weighted by molar-refractivity contribution is 5.90. The summed E-state index contributed by atoms with van der Waals surface area (Å²) < 4.78 is 7.25. The predicted octanol–water partition coefficient (Wildman–Crippen LogP) is 3.59. The van der Waals surface area contributed by atoms with Crippen LogP contribution in [0.15, 0.2) is 60.9 Å². The molecule has 7 nitrogen and oxygen atoms in total. The van der Waals surface area contributed by atoms with E-state index >= 15 is 0 Å². The number of para-hydroxylation sites is 2. The first-order valence-corrected chi connectivity index (χ1v) is 9.70. The molecule has 0 spiro atoms. The molecule has 7 heteroatoms. The molecular formula is C22H25N5O2. The van der Waals surface area contributed by atoms with E-state index in [0.717, 1.165) is 47.9 Å². The Morgan fingerprint density at radius 3 is 2.83 bits per heavy atom. The summed E-state index contributed by atoms with van der Waals surface area (Å²) in [5.74, 6) is 0.852. The number of methoxy groups -OCH3 is 1. The van der Waals surface area contributed by atoms with Gasteiger partial charge in [-0.25, -0.2) is 9.48 Å². The lowest BCUT2D eigenvalue weighted by atomic mass is 10.2. The highest BCUT2D eigenvalue weighted by atomic mass is 16.5. The van der Waals surface area contributed by atoms with Crippen LogP contribution in [0.2, 0.25) is 0 Å². The van der Waals surface area contributed by atoms with Crippen molar-refractivity contribution in [2.75, 3.05) is 30.4 Å². The van der Waals surface area contributed by atoms with Gasteiger partial charge in [0.15, 0.2) is 0 Å². The maximum absolute atomic E-state index is 12.5. The van der Waals surface area contributed by atoms with Crippen molar-refractivity contribution in [1.29, 1.82) is 0 Å². The molecule has 1 saturated heterocycles. The van der Waals surface area contributed by atoms with Crippen molar-refractivity contribution in [3.63, 3.8) is 0 Å². The van der Waals surface area contributed by atoms with Crippen molar-refractivity contribution in [2.45, 2.75) is 19.4 Å². The van der Waals surface area contributed by atoms with E-state index < -0.39 is 0 Å². The molecule has 1 aromatic heterocycles. The summed E-state index contributed by atoms with van der Waals surface area (Å²) in [5, 5.41) is 10.3. The number of hydrogen-bond donors (Lipinski definition) is 2. The summed E-state index contributed by atoms with van der Waals surface area (Å²) in [6.45, 7) is 3.61. The number of nitrogens with zero attached hydrogens (tertiary/aromatic N) is 3. The van der Waals surface area contributed by atoms with Gasteiger partial charge in [-0.1, -0.05) is 12.1 Å². The van der Waals surface area contributed by atoms with Gasteiger partial charge in [-0.05, 0) is 55.3 Å². The number of aryl methyl sites for hydroxylation is 1. The number of carbonyl (C=O) groups is 1. The molecule has 150 valence electrons. The van der Waals surface area contributed by atoms with E-state index in [2.05, 4.69) is 20.6 Å². The van der Waals surface area contributed by atoms with Crippen LogP contribution in [0.25, 0.3) is 5.69 Å². The highest BCUT2D eigenvalue weighted by Gasteiger charge is 2.25. The summed E-state index contributed by atoms with van der Waals surface area (Å²) in [7, 11) is 1.68. The van der Waals surface area contributed by atoms with Gasteiger partial charge in [0.2, 0.25) is 0 Å². The zero-order valence-corrected chi connectivity index (χ0v) is 16.6. The van der Waals surface area contributed by atoms with Gasteiger partial charge in [0, 0.05) is 37.2 Å². The van der Waals surface area contributed by atoms with Gasteiger partial charge in [-0.2, -0.15) is 5.10 Å². The van der Waals surface area contributed by atoms with Crippen molar-refractivity contribution in [1.82, 2.24) is 15.1 Å². The Labute approximate surface area is 170 Å². The Morgan fingerprint density at radius 2 is 2.07 bits per heavy atom. The lowest BCUT2D eigenvalue weighted by molar-refractivity contribution is 0.249. The smallest absolute Gasteiger partial charge is 0.319 e. The van der Waals surface area contributed by atoms with Gasteiger partial charge in [0.05, 0.1) is 18.5 Å². The second-order valence-corrected chi connectivity index (χ2v) is 7.15. The molecule has 0 aliphatic carbocycles. The summed E-state index contributed by atoms with van der Waals surface area (Å²) in [5.41, 5.74) is 3.79. The maximum Gasteiger partial charge on any atom is 0.319 e. The highest BCUT2D eigenvalue weighted by Crippen LogP contribution is 2.30. The third-order valence-electron chi connectivity index (χ3n) is 5.18. The Morgan fingerprint density at radius 1 is 1.21 bits per heavy atom. The number of rotatable bonds is 5. The number of anilines is 2. The molecule has 2 amide bonds. The number of benzene rings is 2. The Bertz CT molecular complexity index is 987. The van der Waals surface area contributed by atoms with E-state index in [1.165, 1.54) is 0 Å². The van der Waals surface area contributed by atoms with Crippen molar-refractivity contribution >= 4 is 17.4 Å². The van der Waals surface area contributed by atoms with Crippen molar-refractivity contribution in [3.05, 3.63) is 66.5 Å². The molecule has 1 aliphatic rings. The van der Waals surface area contributed by atoms with Crippen LogP contribution >= 0.6 is 0 Å². The van der Waals surface area contributed by atoms with Gasteiger partial charge in [0.25, 0.3) is 0 Å². The van der Waals surface area contributed by atoms with E-state index in [-0.39, 0.29) is 12.1 Å². The van der Waals surface area contributed by atoms with Crippen LogP contribution in [0.4, 0.5) is 16.2 Å². The summed E-state index contributed by atoms with van der Waals surface area (Å²) in [6, 6.07) is 15.6. The zero-order valence-electron chi connectivity index (χ0n) is 16.6. The van der Waals surface area contributed by atoms with E-state index in [9.17, 15) is 4.79 Å². The Kier molecular flexibility index (Phi) is 5.37. The van der Waals surface area contributed by atoms with Gasteiger partial charge >= 0.3 is 6.03 Å². The monoisotopic (exact) mass is 391 g/mol. The molecule has 0 radical (unpaired) electrons. The number of carbonyl (C=O) groups excluding carboxylic acids is 1. The number of urea groups is 1. The molecule has 29 heavy (non-hydrogen) atoms. The Balaban J connectivity index is 1.36. The molecule has 1 unspecified atom stereocenters. The molecule has 1 aliphatic heterocycles. The topological polar surface area (TPSA) is 71.4 Å². The zero-order chi connectivity index (χ0) is 20.2. The third kappa shape index (κ3) is 4.18. The number of hydrogen-bond acceptors (Lipinski definition) is 4. The van der Waals surface area contributed by atoms with Crippen LogP contribution in [0.5, 0.6) is 5.75 Å². The van der Waals surface area contributed by atoms with E-state index in [1.807, 2.05) is 61.7 Å². The van der Waals surface area contributed by atoms with Crippen molar-refractivity contribution in [3.8, 4) is 11.4 Å². The number of aromatic nitrogens is 2. The molecule has 2 heterocycles. The van der Waals surface area contributed by atoms with Gasteiger partial charge in [-0.3, -0.25) is 0 Å². The maximum atomic E-state index is 12.5. The lowest BCUT2D eigenvalue weighted by Gasteiger charge is -2.21. The van der Waals surface area contributed by atoms with Crippen LogP contribution in [0.1, 0.15) is 12.0 Å². The molecule has 0 saturated carbocycles. The van der Waals surface area contributed by atoms with Crippen LogP contribution in [-0.2, 0) is 0 Å². The fourth-order valence-corrected chi connectivity index (χ4v) is 3.68. The molecule has 1 atom stereocenters. The summed E-state index contributed by atoms with van der Waals surface area (Å²) in [6.07, 6.45) is 4.52. The number of nitrogens with one attached hydrogen (secondary N) is 2. The first-order valence-electron chi connectivity index (χ1n) is 9.70. The number of ether oxygens (including phenoxy) is 1. The van der Waals surface area contributed by atoms with E-state index in [0.29, 0.717) is 0 Å². The first-order chi connectivity index (χ1) is 14.1. The predicted molar refractivity (Wildman–Crippen MR) is 114 cm³/mol. The molecule has 0 bridgehead atoms. The molecule has 2 N–H and O–H groups in total. The quantitative estimate of drug-likeness (QED) is 0.697. The molecule has 2 aromatic carbocycles. The average molecular weight is 391 g/mol. The van der Waals surface area contributed by atoms with Crippen molar-refractivity contribution in [2.24, 2.45) is 0 Å². The minimum Gasteiger partial charge on any atom is -0.495 e. The van der Waals surface area contributed by atoms with Crippen molar-refractivity contribution < 1.29 is 9.53 Å². The largest absolute Gasteiger partial charge is 0.495 e. The Hall–Kier alpha value is -3.48. The molecule has 1 fully saturated rings. The second kappa shape index (κ2) is 8.26. The van der Waals surface area contributed by atoms with Crippen LogP contribution < -0.4 is 20.3 Å². The lowest BCUT2D eigenvalue weighted by Crippen LogP contribution is -2.39. The van der Waals surface area contributed by atoms with Gasteiger partial charge in [0.1, 0.15) is 5.75 Å².